The number of nitrogens with one attached hydrogen (secondary N) is 1. The summed E-state index contributed by atoms with van der Waals surface area (Å²) < 4.78 is 32.5. The van der Waals surface area contributed by atoms with Crippen LogP contribution in [0.3, 0.4) is 0 Å². The second-order valence-electron chi connectivity index (χ2n) is 5.55. The fourth-order valence-electron chi connectivity index (χ4n) is 2.66. The largest absolute Gasteiger partial charge is 0.506 e. The van der Waals surface area contributed by atoms with Crippen molar-refractivity contribution in [1.29, 1.82) is 0 Å². The predicted molar refractivity (Wildman–Crippen MR) is 96.5 cm³/mol. The van der Waals surface area contributed by atoms with Gasteiger partial charge in [0.05, 0.1) is 10.6 Å². The van der Waals surface area contributed by atoms with Gasteiger partial charge in [-0.1, -0.05) is 30.3 Å². The van der Waals surface area contributed by atoms with Crippen LogP contribution in [0.5, 0.6) is 5.75 Å². The smallest absolute Gasteiger partial charge is 0.298 e. The number of phenols is 1. The molecule has 138 valence electrons. The number of carbonyl (C=O) groups excluding carboxylic acids is 1. The lowest BCUT2D eigenvalue weighted by Gasteiger charge is -2.13. The molecule has 0 atom stereocenters. The first-order valence-corrected chi connectivity index (χ1v) is 8.90. The van der Waals surface area contributed by atoms with E-state index in [-0.39, 0.29) is 27.7 Å². The van der Waals surface area contributed by atoms with E-state index in [4.69, 9.17) is 0 Å². The van der Waals surface area contributed by atoms with E-state index in [9.17, 15) is 33.0 Å². The number of fused-ring (bicyclic) bond motifs is 1. The molecule has 0 heterocycles. The van der Waals surface area contributed by atoms with Crippen molar-refractivity contribution in [2.24, 2.45) is 0 Å². The Kier molecular flexibility index (Phi) is 4.52. The Labute approximate surface area is 152 Å². The van der Waals surface area contributed by atoms with Gasteiger partial charge in [0, 0.05) is 34.5 Å². The molecule has 0 aliphatic heterocycles. The SMILES string of the molecule is O=C(Nc1cc(O)c(S(=O)(=O)O)c2ccccc12)c1cccc([N+](=O)[O-])c1. The molecular weight excluding hydrogens is 376 g/mol. The molecule has 3 aromatic rings. The van der Waals surface area contributed by atoms with Gasteiger partial charge in [0.2, 0.25) is 0 Å². The molecule has 0 fully saturated rings. The third-order valence-corrected chi connectivity index (χ3v) is 4.75. The lowest BCUT2D eigenvalue weighted by atomic mass is 10.1. The second kappa shape index (κ2) is 6.67. The van der Waals surface area contributed by atoms with E-state index in [1.165, 1.54) is 36.4 Å². The first kappa shape index (κ1) is 18.3. The molecule has 0 aliphatic rings. The molecule has 0 spiro atoms. The predicted octanol–water partition coefficient (Wildman–Crippen LogP) is 2.95. The Morgan fingerprint density at radius 3 is 2.33 bits per heavy atom. The van der Waals surface area contributed by atoms with Crippen molar-refractivity contribution in [1.82, 2.24) is 0 Å². The van der Waals surface area contributed by atoms with Crippen molar-refractivity contribution >= 4 is 38.2 Å². The van der Waals surface area contributed by atoms with Crippen LogP contribution in [0, 0.1) is 10.1 Å². The minimum Gasteiger partial charge on any atom is -0.506 e. The Bertz CT molecular complexity index is 1190. The van der Waals surface area contributed by atoms with Crippen molar-refractivity contribution < 1.29 is 27.8 Å². The van der Waals surface area contributed by atoms with Gasteiger partial charge in [-0.15, -0.1) is 0 Å². The zero-order valence-electron chi connectivity index (χ0n) is 13.5. The Morgan fingerprint density at radius 2 is 1.70 bits per heavy atom. The molecule has 0 saturated heterocycles. The van der Waals surface area contributed by atoms with Gasteiger partial charge >= 0.3 is 0 Å². The number of benzene rings is 3. The van der Waals surface area contributed by atoms with Crippen molar-refractivity contribution in [2.75, 3.05) is 5.32 Å². The number of phenolic OH excluding ortho intramolecular Hbond substituents is 1. The average Bonchev–Trinajstić information content (AvgIpc) is 2.60. The highest BCUT2D eigenvalue weighted by Crippen LogP contribution is 2.36. The summed E-state index contributed by atoms with van der Waals surface area (Å²) in [7, 11) is -4.71. The van der Waals surface area contributed by atoms with Crippen LogP contribution in [-0.2, 0) is 10.1 Å². The first-order chi connectivity index (χ1) is 12.7. The van der Waals surface area contributed by atoms with Gasteiger partial charge in [0.1, 0.15) is 10.6 Å². The van der Waals surface area contributed by atoms with Gasteiger partial charge in [0.15, 0.2) is 0 Å². The lowest BCUT2D eigenvalue weighted by molar-refractivity contribution is -0.384. The number of hydrogen-bond donors (Lipinski definition) is 3. The number of rotatable bonds is 4. The summed E-state index contributed by atoms with van der Waals surface area (Å²) in [5.41, 5.74) is -0.185. The number of anilines is 1. The van der Waals surface area contributed by atoms with Crippen molar-refractivity contribution in [3.8, 4) is 5.75 Å². The van der Waals surface area contributed by atoms with E-state index in [2.05, 4.69) is 5.32 Å². The van der Waals surface area contributed by atoms with Crippen LogP contribution >= 0.6 is 0 Å². The highest BCUT2D eigenvalue weighted by molar-refractivity contribution is 7.86. The van der Waals surface area contributed by atoms with E-state index < -0.39 is 31.6 Å². The summed E-state index contributed by atoms with van der Waals surface area (Å²) in [5, 5.41) is 23.6. The molecule has 0 aromatic heterocycles. The summed E-state index contributed by atoms with van der Waals surface area (Å²) in [6.07, 6.45) is 0. The number of non-ortho nitro benzene ring substituents is 1. The third-order valence-electron chi connectivity index (χ3n) is 3.80. The van der Waals surface area contributed by atoms with Crippen LogP contribution in [-0.4, -0.2) is 28.9 Å². The molecule has 9 nitrogen and oxygen atoms in total. The minimum atomic E-state index is -4.71. The Balaban J connectivity index is 2.10. The minimum absolute atomic E-state index is 0.00614. The second-order valence-corrected chi connectivity index (χ2v) is 6.91. The highest BCUT2D eigenvalue weighted by atomic mass is 32.2. The van der Waals surface area contributed by atoms with Gasteiger partial charge < -0.3 is 10.4 Å². The zero-order chi connectivity index (χ0) is 19.8. The number of hydrogen-bond acceptors (Lipinski definition) is 6. The molecule has 3 N–H and O–H groups in total. The quantitative estimate of drug-likeness (QED) is 0.354. The molecule has 3 aromatic carbocycles. The molecular formula is C17H12N2O7S. The maximum atomic E-state index is 12.4. The summed E-state index contributed by atoms with van der Waals surface area (Å²) in [4.78, 5) is 22.0. The van der Waals surface area contributed by atoms with Gasteiger partial charge in [-0.25, -0.2) is 0 Å². The summed E-state index contributed by atoms with van der Waals surface area (Å²) in [6.45, 7) is 0. The van der Waals surface area contributed by atoms with E-state index in [0.717, 1.165) is 12.1 Å². The molecule has 0 unspecified atom stereocenters. The maximum absolute atomic E-state index is 12.4. The van der Waals surface area contributed by atoms with Gasteiger partial charge in [-0.05, 0) is 6.07 Å². The molecule has 3 rings (SSSR count). The normalized spacial score (nSPS) is 11.3. The van der Waals surface area contributed by atoms with Crippen molar-refractivity contribution in [2.45, 2.75) is 4.90 Å². The molecule has 0 bridgehead atoms. The highest BCUT2D eigenvalue weighted by Gasteiger charge is 2.22. The number of nitro benzene ring substituents is 1. The van der Waals surface area contributed by atoms with E-state index in [1.54, 1.807) is 6.07 Å². The lowest BCUT2D eigenvalue weighted by Crippen LogP contribution is -2.13. The molecule has 10 heteroatoms. The average molecular weight is 388 g/mol. The monoisotopic (exact) mass is 388 g/mol. The van der Waals surface area contributed by atoms with Crippen molar-refractivity contribution in [3.63, 3.8) is 0 Å². The molecule has 1 amide bonds. The van der Waals surface area contributed by atoms with Gasteiger partial charge in [-0.3, -0.25) is 19.5 Å². The van der Waals surface area contributed by atoms with E-state index in [0.29, 0.717) is 0 Å². The van der Waals surface area contributed by atoms with Crippen LogP contribution in [0.25, 0.3) is 10.8 Å². The fourth-order valence-corrected chi connectivity index (χ4v) is 3.44. The Hall–Kier alpha value is -3.50. The number of nitro groups is 1. The fraction of sp³-hybridized carbons (Fsp3) is 0. The standard InChI is InChI=1S/C17H12N2O7S/c20-15-9-14(12-6-1-2-7-13(12)16(15)27(24,25)26)18-17(21)10-4-3-5-11(8-10)19(22)23/h1-9,20H,(H,18,21)(H,24,25,26). The third kappa shape index (κ3) is 3.57. The number of aromatic hydroxyl groups is 1. The van der Waals surface area contributed by atoms with Crippen LogP contribution in [0.4, 0.5) is 11.4 Å². The first-order valence-electron chi connectivity index (χ1n) is 7.46. The zero-order valence-corrected chi connectivity index (χ0v) is 14.3. The van der Waals surface area contributed by atoms with Crippen LogP contribution in [0.1, 0.15) is 10.4 Å². The van der Waals surface area contributed by atoms with E-state index >= 15 is 0 Å². The van der Waals surface area contributed by atoms with E-state index in [1.807, 2.05) is 0 Å². The number of amides is 1. The van der Waals surface area contributed by atoms with Gasteiger partial charge in [0.25, 0.3) is 21.7 Å². The number of carbonyl (C=O) groups is 1. The molecule has 0 saturated carbocycles. The van der Waals surface area contributed by atoms with Crippen LogP contribution < -0.4 is 5.32 Å². The maximum Gasteiger partial charge on any atom is 0.298 e. The summed E-state index contributed by atoms with van der Waals surface area (Å²) >= 11 is 0. The van der Waals surface area contributed by atoms with Crippen LogP contribution in [0.15, 0.2) is 59.5 Å². The molecule has 0 radical (unpaired) electrons. The topological polar surface area (TPSA) is 147 Å². The molecule has 27 heavy (non-hydrogen) atoms. The number of nitrogens with zero attached hydrogens (tertiary/aromatic N) is 1. The molecule has 0 aliphatic carbocycles. The summed E-state index contributed by atoms with van der Waals surface area (Å²) in [6, 6.07) is 12.0. The Morgan fingerprint density at radius 1 is 1.04 bits per heavy atom. The van der Waals surface area contributed by atoms with Gasteiger partial charge in [-0.2, -0.15) is 8.42 Å². The van der Waals surface area contributed by atoms with Crippen molar-refractivity contribution in [3.05, 3.63) is 70.3 Å². The van der Waals surface area contributed by atoms with Crippen LogP contribution in [0.2, 0.25) is 0 Å². The summed E-state index contributed by atoms with van der Waals surface area (Å²) in [5.74, 6) is -1.44.